The Morgan fingerprint density at radius 2 is 2.00 bits per heavy atom. The standard InChI is InChI=1S/C13H15NO5Se/c1-8(15)19-11-6-4-3-5-9(11)12(16)14-10(7-20-2)13(17)18/h3-6,10H,7H2,1-2H3,(H,14,16)(H,17,18). The Bertz CT molecular complexity index is 517. The summed E-state index contributed by atoms with van der Waals surface area (Å²) in [7, 11) is 0. The summed E-state index contributed by atoms with van der Waals surface area (Å²) in [5.74, 6) is -0.187. The van der Waals surface area contributed by atoms with E-state index in [4.69, 9.17) is 9.84 Å². The molecular formula is C13H15NO5Se. The molecule has 0 aromatic heterocycles. The first kappa shape index (κ1) is 16.2. The first-order chi connectivity index (χ1) is 9.45. The van der Waals surface area contributed by atoms with Crippen molar-refractivity contribution in [2.75, 3.05) is 0 Å². The fourth-order valence-electron chi connectivity index (χ4n) is 1.48. The van der Waals surface area contributed by atoms with Crippen LogP contribution >= 0.6 is 0 Å². The van der Waals surface area contributed by atoms with Crippen molar-refractivity contribution in [1.29, 1.82) is 0 Å². The molecule has 108 valence electrons. The van der Waals surface area contributed by atoms with Gasteiger partial charge < -0.3 is 0 Å². The average molecular weight is 344 g/mol. The van der Waals surface area contributed by atoms with E-state index in [9.17, 15) is 14.4 Å². The number of hydrogen-bond acceptors (Lipinski definition) is 4. The second-order valence-corrected chi connectivity index (χ2v) is 5.82. The van der Waals surface area contributed by atoms with Gasteiger partial charge >= 0.3 is 122 Å². The molecule has 0 heterocycles. The summed E-state index contributed by atoms with van der Waals surface area (Å²) in [6.45, 7) is 1.23. The molecule has 6 nitrogen and oxygen atoms in total. The molecule has 0 radical (unpaired) electrons. The molecule has 1 amide bonds. The number of ether oxygens (including phenoxy) is 1. The van der Waals surface area contributed by atoms with Crippen LogP contribution in [-0.4, -0.2) is 44.0 Å². The molecule has 1 atom stereocenters. The topological polar surface area (TPSA) is 92.7 Å². The van der Waals surface area contributed by atoms with E-state index in [1.165, 1.54) is 19.1 Å². The number of rotatable bonds is 6. The van der Waals surface area contributed by atoms with Crippen molar-refractivity contribution in [2.24, 2.45) is 0 Å². The van der Waals surface area contributed by atoms with E-state index < -0.39 is 23.9 Å². The number of esters is 1. The maximum atomic E-state index is 12.1. The van der Waals surface area contributed by atoms with Gasteiger partial charge in [0.1, 0.15) is 0 Å². The van der Waals surface area contributed by atoms with E-state index in [0.717, 1.165) is 0 Å². The fraction of sp³-hybridized carbons (Fsp3) is 0.308. The predicted molar refractivity (Wildman–Crippen MR) is 73.1 cm³/mol. The van der Waals surface area contributed by atoms with Gasteiger partial charge in [-0.1, -0.05) is 0 Å². The summed E-state index contributed by atoms with van der Waals surface area (Å²) in [5, 5.41) is 11.9. The molecule has 0 aliphatic rings. The molecule has 1 unspecified atom stereocenters. The van der Waals surface area contributed by atoms with Crippen molar-refractivity contribution in [3.05, 3.63) is 29.8 Å². The predicted octanol–water partition coefficient (Wildman–Crippen LogP) is 0.965. The summed E-state index contributed by atoms with van der Waals surface area (Å²) in [6, 6.07) is 5.26. The Labute approximate surface area is 122 Å². The van der Waals surface area contributed by atoms with Crippen LogP contribution in [0.15, 0.2) is 24.3 Å². The Morgan fingerprint density at radius 3 is 2.55 bits per heavy atom. The number of para-hydroxylation sites is 1. The third-order valence-corrected chi connectivity index (χ3v) is 3.72. The SMILES string of the molecule is C[Se]CC(NC(=O)c1ccccc1OC(C)=O)C(=O)O. The maximum absolute atomic E-state index is 12.1. The first-order valence-corrected chi connectivity index (χ1v) is 8.68. The van der Waals surface area contributed by atoms with Gasteiger partial charge in [0, 0.05) is 0 Å². The monoisotopic (exact) mass is 345 g/mol. The molecule has 20 heavy (non-hydrogen) atoms. The van der Waals surface area contributed by atoms with Crippen molar-refractivity contribution in [2.45, 2.75) is 24.1 Å². The summed E-state index contributed by atoms with van der Waals surface area (Å²) in [4.78, 5) is 34.1. The molecule has 0 aliphatic heterocycles. The molecular weight excluding hydrogens is 329 g/mol. The minimum atomic E-state index is -1.08. The molecule has 2 N–H and O–H groups in total. The average Bonchev–Trinajstić information content (AvgIpc) is 2.37. The summed E-state index contributed by atoms with van der Waals surface area (Å²) in [5.41, 5.74) is 0.137. The van der Waals surface area contributed by atoms with Crippen LogP contribution in [0.4, 0.5) is 0 Å². The molecule has 0 saturated carbocycles. The molecule has 0 fully saturated rings. The molecule has 0 spiro atoms. The Morgan fingerprint density at radius 1 is 1.35 bits per heavy atom. The number of amides is 1. The van der Waals surface area contributed by atoms with Crippen LogP contribution in [0, 0.1) is 0 Å². The van der Waals surface area contributed by atoms with Gasteiger partial charge in [0.25, 0.3) is 0 Å². The number of carbonyl (C=O) groups is 3. The molecule has 7 heteroatoms. The van der Waals surface area contributed by atoms with E-state index in [1.54, 1.807) is 12.1 Å². The van der Waals surface area contributed by atoms with Gasteiger partial charge in [0.15, 0.2) is 0 Å². The van der Waals surface area contributed by atoms with Crippen molar-refractivity contribution >= 4 is 32.8 Å². The van der Waals surface area contributed by atoms with Gasteiger partial charge in [-0.15, -0.1) is 0 Å². The van der Waals surface area contributed by atoms with Crippen LogP contribution in [0.25, 0.3) is 0 Å². The second-order valence-electron chi connectivity index (χ2n) is 3.91. The van der Waals surface area contributed by atoms with Gasteiger partial charge in [0.05, 0.1) is 0 Å². The van der Waals surface area contributed by atoms with Gasteiger partial charge in [-0.05, 0) is 0 Å². The van der Waals surface area contributed by atoms with E-state index in [2.05, 4.69) is 5.32 Å². The number of benzene rings is 1. The van der Waals surface area contributed by atoms with Crippen LogP contribution in [0.3, 0.4) is 0 Å². The van der Waals surface area contributed by atoms with E-state index in [0.29, 0.717) is 5.32 Å². The summed E-state index contributed by atoms with van der Waals surface area (Å²) >= 11 is 0.117. The number of carboxylic acid groups (broad SMARTS) is 1. The van der Waals surface area contributed by atoms with Gasteiger partial charge in [-0.3, -0.25) is 0 Å². The normalized spacial score (nSPS) is 11.5. The third kappa shape index (κ3) is 4.68. The number of hydrogen-bond donors (Lipinski definition) is 2. The third-order valence-electron chi connectivity index (χ3n) is 2.32. The molecule has 1 aromatic rings. The second kappa shape index (κ2) is 7.67. The van der Waals surface area contributed by atoms with Crippen LogP contribution in [-0.2, 0) is 9.59 Å². The number of carbonyl (C=O) groups excluding carboxylic acids is 2. The van der Waals surface area contributed by atoms with Gasteiger partial charge in [-0.25, -0.2) is 0 Å². The van der Waals surface area contributed by atoms with Gasteiger partial charge in [-0.2, -0.15) is 0 Å². The number of carboxylic acids is 1. The van der Waals surface area contributed by atoms with Crippen LogP contribution < -0.4 is 10.1 Å². The van der Waals surface area contributed by atoms with Gasteiger partial charge in [0.2, 0.25) is 0 Å². The zero-order valence-electron chi connectivity index (χ0n) is 11.1. The van der Waals surface area contributed by atoms with Crippen molar-refractivity contribution in [3.8, 4) is 5.75 Å². The number of nitrogens with one attached hydrogen (secondary N) is 1. The minimum absolute atomic E-state index is 0.114. The Balaban J connectivity index is 2.91. The quantitative estimate of drug-likeness (QED) is 0.456. The fourth-order valence-corrected chi connectivity index (χ4v) is 2.65. The Hall–Kier alpha value is -1.85. The molecule has 0 aliphatic carbocycles. The molecule has 1 aromatic carbocycles. The zero-order chi connectivity index (χ0) is 15.1. The summed E-state index contributed by atoms with van der Waals surface area (Å²) < 4.78 is 4.93. The molecule has 1 rings (SSSR count). The van der Waals surface area contributed by atoms with Crippen molar-refractivity contribution in [1.82, 2.24) is 5.32 Å². The zero-order valence-corrected chi connectivity index (χ0v) is 12.8. The first-order valence-electron chi connectivity index (χ1n) is 5.75. The van der Waals surface area contributed by atoms with E-state index >= 15 is 0 Å². The van der Waals surface area contributed by atoms with Crippen molar-refractivity contribution in [3.63, 3.8) is 0 Å². The number of aliphatic carboxylic acids is 1. The molecule has 0 saturated heterocycles. The summed E-state index contributed by atoms with van der Waals surface area (Å²) in [6.07, 6.45) is 0. The Kier molecular flexibility index (Phi) is 6.21. The van der Waals surface area contributed by atoms with Crippen LogP contribution in [0.5, 0.6) is 5.75 Å². The van der Waals surface area contributed by atoms with E-state index in [-0.39, 0.29) is 26.3 Å². The molecule has 0 bridgehead atoms. The van der Waals surface area contributed by atoms with Crippen molar-refractivity contribution < 1.29 is 24.2 Å². The van der Waals surface area contributed by atoms with Crippen LogP contribution in [0.1, 0.15) is 17.3 Å². The van der Waals surface area contributed by atoms with E-state index in [1.807, 2.05) is 5.82 Å². The van der Waals surface area contributed by atoms with Crippen LogP contribution in [0.2, 0.25) is 11.1 Å².